The van der Waals surface area contributed by atoms with E-state index in [0.717, 1.165) is 30.6 Å². The van der Waals surface area contributed by atoms with Crippen molar-refractivity contribution in [1.29, 1.82) is 0 Å². The fourth-order valence-corrected chi connectivity index (χ4v) is 12.1. The van der Waals surface area contributed by atoms with Crippen LogP contribution < -0.4 is 0 Å². The first-order chi connectivity index (χ1) is 39.2. The summed E-state index contributed by atoms with van der Waals surface area (Å²) in [6.45, 7) is 9.22. The number of nitrogens with zero attached hydrogens (tertiary/aromatic N) is 2. The molecule has 2 nitrogen and oxygen atoms in total. The molecule has 0 aliphatic carbocycles. The smallest absolute Gasteiger partial charge is 0.0633 e. The van der Waals surface area contributed by atoms with Gasteiger partial charge in [0, 0.05) is 16.5 Å². The molecule has 3 heteroatoms. The standard InChI is InChI=1S/C77H138N2.Ni/c1-5-9-13-15-17-19-21-23-25-27-29-31-33-35-37-39-41-43-45-47-49-51-53-55-58-60-72-64-68-74(69-65-72)78-76(62-12-8-4)77(63-57-11-7-3)79-75-70-66-73(67-71-75)61-59-56-54-52-50-48-46-44-42-40-38-36-34-32-30-28-26-24-22-20-18-16-14-10-6-2;/h64-71H,5-63H2,1-4H3;. The van der Waals surface area contributed by atoms with Crippen molar-refractivity contribution in [1.82, 2.24) is 0 Å². The number of hydrogen-bond donors (Lipinski definition) is 0. The predicted molar refractivity (Wildman–Crippen MR) is 360 cm³/mol. The van der Waals surface area contributed by atoms with E-state index >= 15 is 0 Å². The van der Waals surface area contributed by atoms with Crippen molar-refractivity contribution in [2.45, 2.75) is 407 Å². The van der Waals surface area contributed by atoms with Crippen LogP contribution in [0.2, 0.25) is 0 Å². The number of unbranched alkanes of at least 4 members (excludes halogenated alkanes) is 51. The molecule has 0 spiro atoms. The molecule has 0 N–H and O–H groups in total. The zero-order valence-corrected chi connectivity index (χ0v) is 55.5. The third-order valence-electron chi connectivity index (χ3n) is 17.7. The maximum absolute atomic E-state index is 5.34. The Bertz CT molecular complexity index is 1580. The summed E-state index contributed by atoms with van der Waals surface area (Å²) in [6, 6.07) is 18.4. The van der Waals surface area contributed by atoms with E-state index in [2.05, 4.69) is 76.2 Å². The summed E-state index contributed by atoms with van der Waals surface area (Å²) in [7, 11) is 0. The van der Waals surface area contributed by atoms with Gasteiger partial charge < -0.3 is 0 Å². The summed E-state index contributed by atoms with van der Waals surface area (Å²) in [4.78, 5) is 10.7. The normalized spacial score (nSPS) is 12.0. The first-order valence-electron chi connectivity index (χ1n) is 36.5. The second kappa shape index (κ2) is 61.8. The third-order valence-corrected chi connectivity index (χ3v) is 17.7. The van der Waals surface area contributed by atoms with Crippen LogP contribution in [0.5, 0.6) is 0 Å². The SMILES string of the molecule is CCCCCCCCCCCCCCCCCCCCCCCCCCCc1ccc(N=C(CCCC)C(CCCCC)=Nc2ccc(CCCCCCCCCCCCCCCCCCCCCCCCCCC)cc2)cc1.[Ni]. The minimum Gasteiger partial charge on any atom is -0.252 e. The Morgan fingerprint density at radius 1 is 0.212 bits per heavy atom. The van der Waals surface area contributed by atoms with Gasteiger partial charge in [0.05, 0.1) is 22.8 Å². The van der Waals surface area contributed by atoms with Crippen molar-refractivity contribution < 1.29 is 16.5 Å². The molecule has 0 radical (unpaired) electrons. The van der Waals surface area contributed by atoms with Crippen LogP contribution >= 0.6 is 0 Å². The number of aryl methyl sites for hydroxylation is 2. The monoisotopic (exact) mass is 1150 g/mol. The number of benzene rings is 2. The Balaban J connectivity index is 0.0000320. The molecule has 80 heavy (non-hydrogen) atoms. The van der Waals surface area contributed by atoms with E-state index in [1.165, 1.54) is 382 Å². The van der Waals surface area contributed by atoms with Gasteiger partial charge in [0.25, 0.3) is 0 Å². The fraction of sp³-hybridized carbons (Fsp3) is 0.818. The van der Waals surface area contributed by atoms with E-state index in [1.54, 1.807) is 0 Å². The molecule has 466 valence electrons. The van der Waals surface area contributed by atoms with Crippen LogP contribution in [0.4, 0.5) is 11.4 Å². The maximum Gasteiger partial charge on any atom is 0.0633 e. The molecule has 0 amide bonds. The van der Waals surface area contributed by atoms with Crippen LogP contribution in [-0.4, -0.2) is 11.4 Å². The molecule has 2 aromatic carbocycles. The Morgan fingerprint density at radius 3 is 0.600 bits per heavy atom. The predicted octanol–water partition coefficient (Wildman–Crippen LogP) is 27.9. The summed E-state index contributed by atoms with van der Waals surface area (Å²) < 4.78 is 0. The van der Waals surface area contributed by atoms with Gasteiger partial charge in [0.1, 0.15) is 0 Å². The summed E-state index contributed by atoms with van der Waals surface area (Å²) in [5.74, 6) is 0. The van der Waals surface area contributed by atoms with Crippen LogP contribution in [0.25, 0.3) is 0 Å². The van der Waals surface area contributed by atoms with Crippen LogP contribution in [0.3, 0.4) is 0 Å². The Hall–Kier alpha value is -1.73. The van der Waals surface area contributed by atoms with Crippen molar-refractivity contribution >= 4 is 22.8 Å². The first-order valence-corrected chi connectivity index (χ1v) is 36.5. The zero-order chi connectivity index (χ0) is 56.3. The molecule has 0 fully saturated rings. The van der Waals surface area contributed by atoms with Gasteiger partial charge in [0.15, 0.2) is 0 Å². The average molecular weight is 1150 g/mol. The van der Waals surface area contributed by atoms with E-state index in [1.807, 2.05) is 0 Å². The molecule has 0 aliphatic rings. The van der Waals surface area contributed by atoms with Crippen molar-refractivity contribution in [2.24, 2.45) is 9.98 Å². The molecule has 0 bridgehead atoms. The topological polar surface area (TPSA) is 24.7 Å². The molecule has 0 aliphatic heterocycles. The molecular weight excluding hydrogens is 1010 g/mol. The molecule has 2 rings (SSSR count). The second-order valence-electron chi connectivity index (χ2n) is 25.5. The van der Waals surface area contributed by atoms with Crippen LogP contribution in [0.15, 0.2) is 58.5 Å². The fourth-order valence-electron chi connectivity index (χ4n) is 12.1. The minimum atomic E-state index is 0. The minimum absolute atomic E-state index is 0. The van der Waals surface area contributed by atoms with Crippen LogP contribution in [0, 0.1) is 0 Å². The van der Waals surface area contributed by atoms with Gasteiger partial charge in [-0.2, -0.15) is 0 Å². The van der Waals surface area contributed by atoms with Crippen molar-refractivity contribution in [3.8, 4) is 0 Å². The van der Waals surface area contributed by atoms with Gasteiger partial charge in [0.2, 0.25) is 0 Å². The van der Waals surface area contributed by atoms with Crippen LogP contribution in [-0.2, 0) is 29.3 Å². The third kappa shape index (κ3) is 49.7. The average Bonchev–Trinajstić information content (AvgIpc) is 3.47. The van der Waals surface area contributed by atoms with Crippen LogP contribution in [0.1, 0.15) is 405 Å². The zero-order valence-electron chi connectivity index (χ0n) is 54.5. The Kier molecular flexibility index (Phi) is 59.0. The van der Waals surface area contributed by atoms with E-state index in [-0.39, 0.29) is 16.5 Å². The number of hydrogen-bond acceptors (Lipinski definition) is 2. The molecule has 0 aromatic heterocycles. The molecule has 0 atom stereocenters. The van der Waals surface area contributed by atoms with Gasteiger partial charge in [-0.1, -0.05) is 379 Å². The summed E-state index contributed by atoms with van der Waals surface area (Å²) in [5.41, 5.74) is 7.50. The molecule has 0 saturated heterocycles. The molecule has 0 heterocycles. The van der Waals surface area contributed by atoms with Crippen molar-refractivity contribution in [2.75, 3.05) is 0 Å². The van der Waals surface area contributed by atoms with E-state index in [4.69, 9.17) is 9.98 Å². The van der Waals surface area contributed by atoms with Gasteiger partial charge in [-0.15, -0.1) is 0 Å². The van der Waals surface area contributed by atoms with Gasteiger partial charge >= 0.3 is 0 Å². The first kappa shape index (κ1) is 76.3. The van der Waals surface area contributed by atoms with Gasteiger partial charge in [-0.25, -0.2) is 0 Å². The number of aliphatic imine (C=N–C) groups is 2. The molecule has 0 unspecified atom stereocenters. The van der Waals surface area contributed by atoms with E-state index < -0.39 is 0 Å². The van der Waals surface area contributed by atoms with Gasteiger partial charge in [-0.3, -0.25) is 9.98 Å². The summed E-state index contributed by atoms with van der Waals surface area (Å²) in [5, 5.41) is 0. The summed E-state index contributed by atoms with van der Waals surface area (Å²) >= 11 is 0. The Labute approximate surface area is 512 Å². The molecule has 0 saturated carbocycles. The Morgan fingerprint density at radius 2 is 0.388 bits per heavy atom. The van der Waals surface area contributed by atoms with E-state index in [9.17, 15) is 0 Å². The van der Waals surface area contributed by atoms with Crippen molar-refractivity contribution in [3.63, 3.8) is 0 Å². The number of rotatable bonds is 62. The molecule has 2 aromatic rings. The molecular formula is C77H138N2Ni. The maximum atomic E-state index is 5.34. The summed E-state index contributed by atoms with van der Waals surface area (Å²) in [6.07, 6.45) is 82.7. The largest absolute Gasteiger partial charge is 0.252 e. The van der Waals surface area contributed by atoms with Gasteiger partial charge in [-0.05, 0) is 86.8 Å². The van der Waals surface area contributed by atoms with Crippen molar-refractivity contribution in [3.05, 3.63) is 59.7 Å². The quantitative estimate of drug-likeness (QED) is 0.0358. The van der Waals surface area contributed by atoms with E-state index in [0.29, 0.717) is 0 Å². The second-order valence-corrected chi connectivity index (χ2v) is 25.5.